The summed E-state index contributed by atoms with van der Waals surface area (Å²) in [5, 5.41) is 18.9. The third-order valence-electron chi connectivity index (χ3n) is 4.00. The van der Waals surface area contributed by atoms with E-state index in [1.807, 2.05) is 45.3 Å². The first kappa shape index (κ1) is 21.0. The first-order chi connectivity index (χ1) is 13.4. The molecule has 0 bridgehead atoms. The SMILES string of the molecule is [C-]#[N+]c1c(N(C)C)nc(SCc2ccc(/C=C/C(=O)O)cc2)c(C#N)c1CC. The molecule has 0 fully saturated rings. The number of hydrogen-bond donors (Lipinski definition) is 1. The molecule has 1 N–H and O–H groups in total. The minimum atomic E-state index is -0.985. The van der Waals surface area contributed by atoms with Crippen molar-refractivity contribution in [2.75, 3.05) is 19.0 Å². The quantitative estimate of drug-likeness (QED) is 0.424. The summed E-state index contributed by atoms with van der Waals surface area (Å²) in [6.07, 6.45) is 3.22. The second-order valence-corrected chi connectivity index (χ2v) is 7.08. The van der Waals surface area contributed by atoms with Gasteiger partial charge in [0.1, 0.15) is 16.9 Å². The number of hydrogen-bond acceptors (Lipinski definition) is 5. The Morgan fingerprint density at radius 1 is 1.39 bits per heavy atom. The fourth-order valence-electron chi connectivity index (χ4n) is 2.62. The van der Waals surface area contributed by atoms with Crippen molar-refractivity contribution in [2.45, 2.75) is 24.1 Å². The van der Waals surface area contributed by atoms with Gasteiger partial charge < -0.3 is 10.0 Å². The Balaban J connectivity index is 2.31. The van der Waals surface area contributed by atoms with Gasteiger partial charge in [-0.3, -0.25) is 0 Å². The van der Waals surface area contributed by atoms with E-state index in [0.717, 1.165) is 22.8 Å². The Bertz CT molecular complexity index is 983. The lowest BCUT2D eigenvalue weighted by atomic mass is 10.1. The lowest BCUT2D eigenvalue weighted by molar-refractivity contribution is -0.131. The summed E-state index contributed by atoms with van der Waals surface area (Å²) in [6, 6.07) is 9.75. The second-order valence-electron chi connectivity index (χ2n) is 6.12. The van der Waals surface area contributed by atoms with Crippen LogP contribution in [0.2, 0.25) is 0 Å². The fraction of sp³-hybridized carbons (Fsp3) is 0.238. The van der Waals surface area contributed by atoms with E-state index >= 15 is 0 Å². The zero-order chi connectivity index (χ0) is 20.7. The topological polar surface area (TPSA) is 81.6 Å². The maximum absolute atomic E-state index is 10.6. The highest BCUT2D eigenvalue weighted by atomic mass is 32.2. The van der Waals surface area contributed by atoms with Crippen LogP contribution in [-0.4, -0.2) is 30.2 Å². The van der Waals surface area contributed by atoms with Crippen molar-refractivity contribution >= 4 is 35.3 Å². The van der Waals surface area contributed by atoms with Gasteiger partial charge in [-0.25, -0.2) is 14.6 Å². The molecule has 6 nitrogen and oxygen atoms in total. The minimum absolute atomic E-state index is 0.433. The van der Waals surface area contributed by atoms with Gasteiger partial charge in [0.15, 0.2) is 0 Å². The third-order valence-corrected chi connectivity index (χ3v) is 5.04. The molecular formula is C21H20N4O2S. The van der Waals surface area contributed by atoms with E-state index in [9.17, 15) is 10.1 Å². The van der Waals surface area contributed by atoms with Crippen LogP contribution in [0.25, 0.3) is 10.9 Å². The summed E-state index contributed by atoms with van der Waals surface area (Å²) in [7, 11) is 3.67. The molecule has 0 radical (unpaired) electrons. The smallest absolute Gasteiger partial charge is 0.328 e. The molecular weight excluding hydrogens is 372 g/mol. The second kappa shape index (κ2) is 9.59. The lowest BCUT2D eigenvalue weighted by Gasteiger charge is -2.18. The third kappa shape index (κ3) is 4.91. The van der Waals surface area contributed by atoms with Crippen LogP contribution < -0.4 is 4.90 Å². The zero-order valence-corrected chi connectivity index (χ0v) is 16.7. The van der Waals surface area contributed by atoms with Gasteiger partial charge in [-0.15, -0.1) is 11.8 Å². The van der Waals surface area contributed by atoms with Crippen molar-refractivity contribution in [1.29, 1.82) is 5.26 Å². The predicted octanol–water partition coefficient (Wildman–Crippen LogP) is 4.52. The van der Waals surface area contributed by atoms with Crippen LogP contribution in [0.5, 0.6) is 0 Å². The molecule has 28 heavy (non-hydrogen) atoms. The van der Waals surface area contributed by atoms with Gasteiger partial charge in [0.25, 0.3) is 0 Å². The highest BCUT2D eigenvalue weighted by Crippen LogP contribution is 2.38. The van der Waals surface area contributed by atoms with E-state index in [1.54, 1.807) is 4.90 Å². The van der Waals surface area contributed by atoms with Gasteiger partial charge >= 0.3 is 5.97 Å². The number of pyridine rings is 1. The molecule has 0 saturated heterocycles. The number of carbonyl (C=O) groups is 1. The summed E-state index contributed by atoms with van der Waals surface area (Å²) in [4.78, 5) is 20.6. The monoisotopic (exact) mass is 392 g/mol. The van der Waals surface area contributed by atoms with Crippen LogP contribution in [0.1, 0.15) is 29.2 Å². The van der Waals surface area contributed by atoms with Crippen LogP contribution in [0, 0.1) is 17.9 Å². The molecule has 0 aliphatic rings. The lowest BCUT2D eigenvalue weighted by Crippen LogP contribution is -2.13. The number of anilines is 1. The number of aromatic nitrogens is 1. The highest BCUT2D eigenvalue weighted by molar-refractivity contribution is 7.98. The van der Waals surface area contributed by atoms with Crippen molar-refractivity contribution < 1.29 is 9.90 Å². The van der Waals surface area contributed by atoms with E-state index in [2.05, 4.69) is 15.9 Å². The predicted molar refractivity (Wildman–Crippen MR) is 112 cm³/mol. The molecule has 1 heterocycles. The molecule has 0 saturated carbocycles. The molecule has 7 heteroatoms. The molecule has 0 spiro atoms. The largest absolute Gasteiger partial charge is 0.478 e. The number of carboxylic acid groups (broad SMARTS) is 1. The summed E-state index contributed by atoms with van der Waals surface area (Å²) in [6.45, 7) is 9.41. The first-order valence-corrected chi connectivity index (χ1v) is 9.54. The molecule has 142 valence electrons. The average molecular weight is 392 g/mol. The van der Waals surface area contributed by atoms with Crippen LogP contribution in [0.4, 0.5) is 11.5 Å². The summed E-state index contributed by atoms with van der Waals surface area (Å²) >= 11 is 1.45. The molecule has 2 aromatic rings. The van der Waals surface area contributed by atoms with E-state index in [0.29, 0.717) is 34.3 Å². The van der Waals surface area contributed by atoms with Crippen LogP contribution in [0.15, 0.2) is 35.4 Å². The van der Waals surface area contributed by atoms with Gasteiger partial charge in [0, 0.05) is 25.9 Å². The van der Waals surface area contributed by atoms with Gasteiger partial charge in [-0.05, 0) is 29.2 Å². The van der Waals surface area contributed by atoms with E-state index in [-0.39, 0.29) is 0 Å². The van der Waals surface area contributed by atoms with Crippen LogP contribution in [0.3, 0.4) is 0 Å². The Morgan fingerprint density at radius 2 is 2.07 bits per heavy atom. The zero-order valence-electron chi connectivity index (χ0n) is 15.9. The molecule has 0 amide bonds. The van der Waals surface area contributed by atoms with E-state index in [1.165, 1.54) is 17.8 Å². The molecule has 2 rings (SSSR count). The summed E-state index contributed by atoms with van der Waals surface area (Å²) in [5.41, 5.74) is 3.46. The molecule has 0 unspecified atom stereocenters. The highest BCUT2D eigenvalue weighted by Gasteiger charge is 2.20. The minimum Gasteiger partial charge on any atom is -0.478 e. The van der Waals surface area contributed by atoms with Crippen LogP contribution >= 0.6 is 11.8 Å². The number of benzene rings is 1. The molecule has 1 aromatic heterocycles. The first-order valence-electron chi connectivity index (χ1n) is 8.55. The number of rotatable bonds is 7. The molecule has 0 aliphatic heterocycles. The number of carboxylic acids is 1. The van der Waals surface area contributed by atoms with Gasteiger partial charge in [0.05, 0.1) is 12.1 Å². The van der Waals surface area contributed by atoms with Gasteiger partial charge in [-0.2, -0.15) is 5.26 Å². The maximum atomic E-state index is 10.6. The average Bonchev–Trinajstić information content (AvgIpc) is 2.69. The number of thioether (sulfide) groups is 1. The fourth-order valence-corrected chi connectivity index (χ4v) is 3.58. The van der Waals surface area contributed by atoms with Crippen molar-refractivity contribution in [2.24, 2.45) is 0 Å². The van der Waals surface area contributed by atoms with Crippen molar-refractivity contribution in [1.82, 2.24) is 4.98 Å². The Hall–Kier alpha value is -3.29. The normalized spacial score (nSPS) is 10.5. The Labute approximate surface area is 169 Å². The molecule has 0 aliphatic carbocycles. The van der Waals surface area contributed by atoms with Gasteiger partial charge in [0.2, 0.25) is 5.69 Å². The van der Waals surface area contributed by atoms with Crippen LogP contribution in [-0.2, 0) is 17.0 Å². The Morgan fingerprint density at radius 3 is 2.57 bits per heavy atom. The summed E-state index contributed by atoms with van der Waals surface area (Å²) < 4.78 is 0. The standard InChI is InChI=1S/C21H20N4O2S/c1-5-16-17(12-22)21(24-20(25(3)4)19(16)23-2)28-13-15-8-6-14(7-9-15)10-11-18(26)27/h6-11H,5,13H2,1,3-4H3,(H,26,27)/b11-10+. The van der Waals surface area contributed by atoms with E-state index < -0.39 is 5.97 Å². The maximum Gasteiger partial charge on any atom is 0.328 e. The molecule has 1 aromatic carbocycles. The van der Waals surface area contributed by atoms with E-state index in [4.69, 9.17) is 11.7 Å². The molecule has 0 atom stereocenters. The van der Waals surface area contributed by atoms with Crippen molar-refractivity contribution in [3.05, 3.63) is 64.0 Å². The number of aliphatic carboxylic acids is 1. The number of nitriles is 1. The number of nitrogens with zero attached hydrogens (tertiary/aromatic N) is 4. The van der Waals surface area contributed by atoms with Crippen molar-refractivity contribution in [3.8, 4) is 6.07 Å². The Kier molecular flexibility index (Phi) is 7.20. The van der Waals surface area contributed by atoms with Crippen molar-refractivity contribution in [3.63, 3.8) is 0 Å². The summed E-state index contributed by atoms with van der Waals surface area (Å²) in [5.74, 6) is 0.196. The van der Waals surface area contributed by atoms with Gasteiger partial charge in [-0.1, -0.05) is 31.2 Å².